The molecule has 0 heterocycles. The molecule has 0 amide bonds. The van der Waals surface area contributed by atoms with Gasteiger partial charge in [-0.15, -0.1) is 0 Å². The normalized spacial score (nSPS) is 52.4. The fraction of sp³-hybridized carbons (Fsp3) is 0.778. The van der Waals surface area contributed by atoms with E-state index < -0.39 is 0 Å². The Balaban J connectivity index is 2.02. The van der Waals surface area contributed by atoms with Gasteiger partial charge in [-0.05, 0) is 43.4 Å². The van der Waals surface area contributed by atoms with Crippen molar-refractivity contribution in [3.05, 3.63) is 11.6 Å². The van der Waals surface area contributed by atoms with E-state index in [0.29, 0.717) is 0 Å². The minimum atomic E-state index is 1.06. The first-order valence-electron chi connectivity index (χ1n) is 4.15. The molecular weight excluding hydrogens is 108 g/mol. The molecule has 0 heteroatoms. The molecule has 2 saturated carbocycles. The standard InChI is InChI=1S/C9H12/c1-2-6-4-7-5-9(7)8(6)3-1/h3,6-7,9H,1-2,4-5H2. The maximum atomic E-state index is 2.52. The van der Waals surface area contributed by atoms with Crippen molar-refractivity contribution in [3.8, 4) is 0 Å². The van der Waals surface area contributed by atoms with E-state index in [4.69, 9.17) is 0 Å². The highest BCUT2D eigenvalue weighted by Gasteiger charge is 2.50. The molecule has 2 fully saturated rings. The summed E-state index contributed by atoms with van der Waals surface area (Å²) >= 11 is 0. The lowest BCUT2D eigenvalue weighted by molar-refractivity contribution is 0.560. The lowest BCUT2D eigenvalue weighted by Gasteiger charge is -2.04. The molecule has 9 heavy (non-hydrogen) atoms. The van der Waals surface area contributed by atoms with Gasteiger partial charge in [0.25, 0.3) is 0 Å². The molecule has 0 bridgehead atoms. The molecule has 3 aliphatic rings. The average molecular weight is 120 g/mol. The lowest BCUT2D eigenvalue weighted by atomic mass is 10.0. The second kappa shape index (κ2) is 1.25. The zero-order valence-corrected chi connectivity index (χ0v) is 5.64. The summed E-state index contributed by atoms with van der Waals surface area (Å²) in [5, 5.41) is 0. The Morgan fingerprint density at radius 2 is 2.33 bits per heavy atom. The van der Waals surface area contributed by atoms with E-state index >= 15 is 0 Å². The van der Waals surface area contributed by atoms with Gasteiger partial charge in [0.15, 0.2) is 0 Å². The molecule has 3 atom stereocenters. The Bertz CT molecular complexity index is 178. The molecule has 0 aromatic rings. The SMILES string of the molecule is C1=C2C(CC1)CC1CC21. The summed E-state index contributed by atoms with van der Waals surface area (Å²) < 4.78 is 0. The molecule has 0 aromatic carbocycles. The van der Waals surface area contributed by atoms with Crippen molar-refractivity contribution < 1.29 is 0 Å². The van der Waals surface area contributed by atoms with E-state index in [1.54, 1.807) is 12.8 Å². The molecule has 3 aliphatic carbocycles. The van der Waals surface area contributed by atoms with Gasteiger partial charge in [-0.3, -0.25) is 0 Å². The minimum absolute atomic E-state index is 1.06. The van der Waals surface area contributed by atoms with Crippen LogP contribution in [0, 0.1) is 17.8 Å². The molecule has 0 radical (unpaired) electrons. The van der Waals surface area contributed by atoms with Crippen molar-refractivity contribution in [2.45, 2.75) is 25.7 Å². The molecule has 3 unspecified atom stereocenters. The molecule has 0 nitrogen and oxygen atoms in total. The zero-order chi connectivity index (χ0) is 5.84. The zero-order valence-electron chi connectivity index (χ0n) is 5.64. The van der Waals surface area contributed by atoms with Crippen LogP contribution in [0.1, 0.15) is 25.7 Å². The van der Waals surface area contributed by atoms with Gasteiger partial charge in [-0.1, -0.05) is 11.6 Å². The molecule has 0 aliphatic heterocycles. The van der Waals surface area contributed by atoms with E-state index in [-0.39, 0.29) is 0 Å². The van der Waals surface area contributed by atoms with E-state index in [2.05, 4.69) is 6.08 Å². The van der Waals surface area contributed by atoms with Crippen LogP contribution >= 0.6 is 0 Å². The van der Waals surface area contributed by atoms with Crippen molar-refractivity contribution in [2.24, 2.45) is 17.8 Å². The smallest absolute Gasteiger partial charge is 0.0169 e. The summed E-state index contributed by atoms with van der Waals surface area (Å²) in [4.78, 5) is 0. The van der Waals surface area contributed by atoms with Crippen LogP contribution in [0.25, 0.3) is 0 Å². The van der Waals surface area contributed by atoms with E-state index in [1.165, 1.54) is 12.8 Å². The highest BCUT2D eigenvalue weighted by atomic mass is 14.5. The average Bonchev–Trinajstić information content (AvgIpc) is 2.38. The predicted octanol–water partition coefficient (Wildman–Crippen LogP) is 2.36. The maximum absolute atomic E-state index is 2.52. The van der Waals surface area contributed by atoms with Gasteiger partial charge in [0.2, 0.25) is 0 Å². The van der Waals surface area contributed by atoms with E-state index in [0.717, 1.165) is 17.8 Å². The van der Waals surface area contributed by atoms with Gasteiger partial charge in [0, 0.05) is 0 Å². The maximum Gasteiger partial charge on any atom is -0.0169 e. The Labute approximate surface area is 56.0 Å². The fourth-order valence-corrected chi connectivity index (χ4v) is 2.77. The number of allylic oxidation sites excluding steroid dienone is 2. The van der Waals surface area contributed by atoms with Crippen LogP contribution in [0.2, 0.25) is 0 Å². The van der Waals surface area contributed by atoms with Gasteiger partial charge in [-0.2, -0.15) is 0 Å². The van der Waals surface area contributed by atoms with Gasteiger partial charge >= 0.3 is 0 Å². The number of fused-ring (bicyclic) bond motifs is 3. The third-order valence-corrected chi connectivity index (χ3v) is 3.30. The molecule has 0 aromatic heterocycles. The van der Waals surface area contributed by atoms with E-state index in [9.17, 15) is 0 Å². The summed E-state index contributed by atoms with van der Waals surface area (Å²) in [6, 6.07) is 0. The van der Waals surface area contributed by atoms with Crippen LogP contribution in [-0.2, 0) is 0 Å². The molecule has 0 saturated heterocycles. The summed E-state index contributed by atoms with van der Waals surface area (Å²) in [6.45, 7) is 0. The van der Waals surface area contributed by atoms with Gasteiger partial charge in [-0.25, -0.2) is 0 Å². The number of hydrogen-bond acceptors (Lipinski definition) is 0. The van der Waals surface area contributed by atoms with Crippen LogP contribution in [0.4, 0.5) is 0 Å². The van der Waals surface area contributed by atoms with Crippen LogP contribution in [0.5, 0.6) is 0 Å². The Morgan fingerprint density at radius 1 is 1.33 bits per heavy atom. The molecule has 3 rings (SSSR count). The second-order valence-corrected chi connectivity index (χ2v) is 3.82. The van der Waals surface area contributed by atoms with Crippen LogP contribution in [-0.4, -0.2) is 0 Å². The van der Waals surface area contributed by atoms with Crippen molar-refractivity contribution >= 4 is 0 Å². The van der Waals surface area contributed by atoms with Gasteiger partial charge in [0.1, 0.15) is 0 Å². The quantitative estimate of drug-likeness (QED) is 0.430. The first-order valence-corrected chi connectivity index (χ1v) is 4.15. The minimum Gasteiger partial charge on any atom is -0.0847 e. The molecule has 0 spiro atoms. The summed E-state index contributed by atoms with van der Waals surface area (Å²) in [5.74, 6) is 3.31. The first kappa shape index (κ1) is 4.54. The second-order valence-electron chi connectivity index (χ2n) is 3.82. The first-order chi connectivity index (χ1) is 4.45. The Morgan fingerprint density at radius 3 is 3.22 bits per heavy atom. The van der Waals surface area contributed by atoms with Crippen LogP contribution in [0.3, 0.4) is 0 Å². The summed E-state index contributed by atoms with van der Waals surface area (Å²) in [7, 11) is 0. The van der Waals surface area contributed by atoms with Crippen molar-refractivity contribution in [1.82, 2.24) is 0 Å². The van der Waals surface area contributed by atoms with Gasteiger partial charge < -0.3 is 0 Å². The third kappa shape index (κ3) is 0.452. The third-order valence-electron chi connectivity index (χ3n) is 3.30. The largest absolute Gasteiger partial charge is 0.0847 e. The van der Waals surface area contributed by atoms with Crippen molar-refractivity contribution in [1.29, 1.82) is 0 Å². The number of rotatable bonds is 0. The highest BCUT2D eigenvalue weighted by molar-refractivity contribution is 5.28. The Kier molecular flexibility index (Phi) is 0.633. The van der Waals surface area contributed by atoms with E-state index in [1.807, 2.05) is 5.57 Å². The van der Waals surface area contributed by atoms with Gasteiger partial charge in [0.05, 0.1) is 0 Å². The molecule has 0 N–H and O–H groups in total. The van der Waals surface area contributed by atoms with Crippen LogP contribution in [0.15, 0.2) is 11.6 Å². The number of hydrogen-bond donors (Lipinski definition) is 0. The lowest BCUT2D eigenvalue weighted by Crippen LogP contribution is -1.93. The molecule has 48 valence electrons. The highest BCUT2D eigenvalue weighted by Crippen LogP contribution is 2.60. The van der Waals surface area contributed by atoms with Crippen LogP contribution < -0.4 is 0 Å². The Hall–Kier alpha value is -0.260. The monoisotopic (exact) mass is 120 g/mol. The topological polar surface area (TPSA) is 0 Å². The summed E-state index contributed by atoms with van der Waals surface area (Å²) in [6.07, 6.45) is 8.49. The predicted molar refractivity (Wildman–Crippen MR) is 37.0 cm³/mol. The molecular formula is C9H12. The summed E-state index contributed by atoms with van der Waals surface area (Å²) in [5.41, 5.74) is 1.86. The van der Waals surface area contributed by atoms with Crippen molar-refractivity contribution in [3.63, 3.8) is 0 Å². The van der Waals surface area contributed by atoms with Crippen molar-refractivity contribution in [2.75, 3.05) is 0 Å². The fourth-order valence-electron chi connectivity index (χ4n) is 2.77.